The number of aromatic nitrogens is 1. The molecule has 0 aliphatic heterocycles. The molecule has 1 saturated carbocycles. The average Bonchev–Trinajstić information content (AvgIpc) is 3.08. The zero-order valence-electron chi connectivity index (χ0n) is 13.1. The number of aryl methyl sites for hydroxylation is 1. The molecule has 1 aromatic heterocycles. The monoisotopic (exact) mass is 313 g/mol. The zero-order chi connectivity index (χ0) is 15.3. The zero-order valence-corrected chi connectivity index (χ0v) is 13.9. The number of hydrogen-bond donors (Lipinski definition) is 2. The Kier molecular flexibility index (Phi) is 5.84. The molecular formula is C15H27N3O2S. The number of nitrogens with one attached hydrogen (secondary N) is 2. The summed E-state index contributed by atoms with van der Waals surface area (Å²) in [4.78, 5) is 0.376. The van der Waals surface area contributed by atoms with Crippen molar-refractivity contribution >= 4 is 10.0 Å². The van der Waals surface area contributed by atoms with Gasteiger partial charge >= 0.3 is 0 Å². The maximum absolute atomic E-state index is 12.3. The summed E-state index contributed by atoms with van der Waals surface area (Å²) in [5.74, 6) is 0.702. The lowest BCUT2D eigenvalue weighted by Crippen LogP contribution is -2.25. The SMILES string of the molecule is CCn1cc(S(=O)(=O)NCCC2CCCC2)cc1CNC. The van der Waals surface area contributed by atoms with E-state index in [4.69, 9.17) is 0 Å². The van der Waals surface area contributed by atoms with Crippen molar-refractivity contribution < 1.29 is 8.42 Å². The van der Waals surface area contributed by atoms with Gasteiger partial charge in [0.1, 0.15) is 0 Å². The molecule has 6 heteroatoms. The van der Waals surface area contributed by atoms with Crippen molar-refractivity contribution in [2.45, 2.75) is 57.0 Å². The van der Waals surface area contributed by atoms with Gasteiger partial charge in [0.05, 0.1) is 4.90 Å². The van der Waals surface area contributed by atoms with E-state index in [1.54, 1.807) is 12.3 Å². The highest BCUT2D eigenvalue weighted by Gasteiger charge is 2.19. The predicted octanol–water partition coefficient (Wildman–Crippen LogP) is 2.09. The molecule has 0 atom stereocenters. The summed E-state index contributed by atoms with van der Waals surface area (Å²) in [6.07, 6.45) is 7.77. The van der Waals surface area contributed by atoms with Crippen LogP contribution in [0.25, 0.3) is 0 Å². The van der Waals surface area contributed by atoms with E-state index >= 15 is 0 Å². The molecule has 1 fully saturated rings. The highest BCUT2D eigenvalue weighted by Crippen LogP contribution is 2.27. The topological polar surface area (TPSA) is 63.1 Å². The fraction of sp³-hybridized carbons (Fsp3) is 0.733. The molecule has 1 aliphatic rings. The Morgan fingerprint density at radius 3 is 2.67 bits per heavy atom. The minimum absolute atomic E-state index is 0.376. The summed E-state index contributed by atoms with van der Waals surface area (Å²) in [5.41, 5.74) is 0.996. The minimum atomic E-state index is -3.38. The van der Waals surface area contributed by atoms with Gasteiger partial charge in [0.2, 0.25) is 10.0 Å². The van der Waals surface area contributed by atoms with E-state index in [1.807, 2.05) is 18.5 Å². The van der Waals surface area contributed by atoms with Crippen molar-refractivity contribution in [2.24, 2.45) is 5.92 Å². The predicted molar refractivity (Wildman–Crippen MR) is 84.6 cm³/mol. The fourth-order valence-electron chi connectivity index (χ4n) is 3.08. The summed E-state index contributed by atoms with van der Waals surface area (Å²) in [6.45, 7) is 4.01. The van der Waals surface area contributed by atoms with Gasteiger partial charge in [-0.1, -0.05) is 25.7 Å². The Hall–Kier alpha value is -0.850. The highest BCUT2D eigenvalue weighted by atomic mass is 32.2. The van der Waals surface area contributed by atoms with Crippen molar-refractivity contribution in [1.29, 1.82) is 0 Å². The summed E-state index contributed by atoms with van der Waals surface area (Å²) in [5, 5.41) is 3.07. The van der Waals surface area contributed by atoms with E-state index in [0.29, 0.717) is 23.9 Å². The lowest BCUT2D eigenvalue weighted by Gasteiger charge is -2.09. The van der Waals surface area contributed by atoms with Crippen LogP contribution in [0.15, 0.2) is 17.2 Å². The Morgan fingerprint density at radius 2 is 2.05 bits per heavy atom. The van der Waals surface area contributed by atoms with Gasteiger partial charge in [-0.2, -0.15) is 0 Å². The molecule has 0 bridgehead atoms. The van der Waals surface area contributed by atoms with Gasteiger partial charge in [-0.05, 0) is 32.4 Å². The molecule has 21 heavy (non-hydrogen) atoms. The average molecular weight is 313 g/mol. The Morgan fingerprint density at radius 1 is 1.33 bits per heavy atom. The van der Waals surface area contributed by atoms with Gasteiger partial charge in [0.25, 0.3) is 0 Å². The van der Waals surface area contributed by atoms with Crippen LogP contribution in [0.1, 0.15) is 44.7 Å². The lowest BCUT2D eigenvalue weighted by atomic mass is 10.1. The van der Waals surface area contributed by atoms with E-state index in [0.717, 1.165) is 18.7 Å². The second kappa shape index (κ2) is 7.42. The van der Waals surface area contributed by atoms with E-state index in [2.05, 4.69) is 10.0 Å². The Balaban J connectivity index is 1.97. The summed E-state index contributed by atoms with van der Waals surface area (Å²) >= 11 is 0. The Bertz CT molecular complexity index is 545. The first kappa shape index (κ1) is 16.5. The molecule has 2 N–H and O–H groups in total. The number of nitrogens with zero attached hydrogens (tertiary/aromatic N) is 1. The van der Waals surface area contributed by atoms with Gasteiger partial charge in [0, 0.05) is 31.5 Å². The first-order chi connectivity index (χ1) is 10.1. The fourth-order valence-corrected chi connectivity index (χ4v) is 4.19. The summed E-state index contributed by atoms with van der Waals surface area (Å²) < 4.78 is 29.4. The third-order valence-corrected chi connectivity index (χ3v) is 5.72. The third kappa shape index (κ3) is 4.31. The minimum Gasteiger partial charge on any atom is -0.349 e. The van der Waals surface area contributed by atoms with Crippen LogP contribution in [-0.2, 0) is 23.1 Å². The largest absolute Gasteiger partial charge is 0.349 e. The molecule has 0 amide bonds. The normalized spacial score (nSPS) is 16.7. The molecule has 0 aromatic carbocycles. The van der Waals surface area contributed by atoms with E-state index in [-0.39, 0.29) is 0 Å². The molecular weight excluding hydrogens is 286 g/mol. The number of sulfonamides is 1. The van der Waals surface area contributed by atoms with Crippen LogP contribution < -0.4 is 10.0 Å². The van der Waals surface area contributed by atoms with Gasteiger partial charge < -0.3 is 9.88 Å². The summed E-state index contributed by atoms with van der Waals surface area (Å²) in [6, 6.07) is 1.76. The molecule has 0 radical (unpaired) electrons. The van der Waals surface area contributed by atoms with Gasteiger partial charge in [-0.25, -0.2) is 13.1 Å². The van der Waals surface area contributed by atoms with Crippen LogP contribution in [0, 0.1) is 5.92 Å². The second-order valence-electron chi connectivity index (χ2n) is 5.82. The van der Waals surface area contributed by atoms with Gasteiger partial charge in [-0.3, -0.25) is 0 Å². The lowest BCUT2D eigenvalue weighted by molar-refractivity contribution is 0.495. The standard InChI is InChI=1S/C15H27N3O2S/c1-3-18-12-15(10-14(18)11-16-2)21(19,20)17-9-8-13-6-4-5-7-13/h10,12-13,16-17H,3-9,11H2,1-2H3. The first-order valence-corrected chi connectivity index (χ1v) is 9.38. The van der Waals surface area contributed by atoms with Crippen molar-refractivity contribution in [3.63, 3.8) is 0 Å². The van der Waals surface area contributed by atoms with Crippen LogP contribution in [0.2, 0.25) is 0 Å². The molecule has 1 aromatic rings. The maximum Gasteiger partial charge on any atom is 0.242 e. The molecule has 120 valence electrons. The molecule has 0 saturated heterocycles. The van der Waals surface area contributed by atoms with Gasteiger partial charge in [0.15, 0.2) is 0 Å². The first-order valence-electron chi connectivity index (χ1n) is 7.90. The van der Waals surface area contributed by atoms with Crippen LogP contribution in [0.5, 0.6) is 0 Å². The highest BCUT2D eigenvalue weighted by molar-refractivity contribution is 7.89. The van der Waals surface area contributed by atoms with Crippen LogP contribution in [0.3, 0.4) is 0 Å². The van der Waals surface area contributed by atoms with Crippen LogP contribution in [-0.4, -0.2) is 26.6 Å². The number of hydrogen-bond acceptors (Lipinski definition) is 3. The third-order valence-electron chi connectivity index (χ3n) is 4.29. The van der Waals surface area contributed by atoms with Crippen LogP contribution >= 0.6 is 0 Å². The van der Waals surface area contributed by atoms with E-state index in [1.165, 1.54) is 25.7 Å². The van der Waals surface area contributed by atoms with Crippen molar-refractivity contribution in [3.8, 4) is 0 Å². The molecule has 0 unspecified atom stereocenters. The van der Waals surface area contributed by atoms with Crippen molar-refractivity contribution in [1.82, 2.24) is 14.6 Å². The molecule has 1 aliphatic carbocycles. The van der Waals surface area contributed by atoms with E-state index < -0.39 is 10.0 Å². The molecule has 5 nitrogen and oxygen atoms in total. The van der Waals surface area contributed by atoms with Crippen molar-refractivity contribution in [2.75, 3.05) is 13.6 Å². The van der Waals surface area contributed by atoms with E-state index in [9.17, 15) is 8.42 Å². The smallest absolute Gasteiger partial charge is 0.242 e. The second-order valence-corrected chi connectivity index (χ2v) is 7.59. The summed E-state index contributed by atoms with van der Waals surface area (Å²) in [7, 11) is -1.52. The Labute approximate surface area is 128 Å². The van der Waals surface area contributed by atoms with Crippen molar-refractivity contribution in [3.05, 3.63) is 18.0 Å². The molecule has 2 rings (SSSR count). The maximum atomic E-state index is 12.3. The van der Waals surface area contributed by atoms with Crippen LogP contribution in [0.4, 0.5) is 0 Å². The quantitative estimate of drug-likeness (QED) is 0.772. The molecule has 0 spiro atoms. The molecule has 1 heterocycles. The van der Waals surface area contributed by atoms with Gasteiger partial charge in [-0.15, -0.1) is 0 Å². The number of rotatable bonds is 8.